The van der Waals surface area contributed by atoms with Crippen LogP contribution in [0.5, 0.6) is 0 Å². The zero-order valence-corrected chi connectivity index (χ0v) is 11.1. The van der Waals surface area contributed by atoms with Gasteiger partial charge in [-0.05, 0) is 37.6 Å². The lowest BCUT2D eigenvalue weighted by molar-refractivity contribution is 1.09. The fourth-order valence-corrected chi connectivity index (χ4v) is 1.71. The van der Waals surface area contributed by atoms with E-state index in [0.29, 0.717) is 11.6 Å². The van der Waals surface area contributed by atoms with Gasteiger partial charge in [-0.2, -0.15) is 0 Å². The molecule has 4 nitrogen and oxygen atoms in total. The summed E-state index contributed by atoms with van der Waals surface area (Å²) in [6.07, 6.45) is 0. The number of aromatic nitrogens is 2. The van der Waals surface area contributed by atoms with Crippen molar-refractivity contribution >= 4 is 28.8 Å². The minimum atomic E-state index is 0.271. The molecular weight excluding hydrogens is 244 g/mol. The zero-order chi connectivity index (χ0) is 13.1. The van der Waals surface area contributed by atoms with E-state index >= 15 is 0 Å². The third-order valence-corrected chi connectivity index (χ3v) is 2.59. The van der Waals surface area contributed by atoms with Gasteiger partial charge >= 0.3 is 0 Å². The largest absolute Gasteiger partial charge is 0.388 e. The number of aryl methyl sites for hydroxylation is 2. The highest BCUT2D eigenvalue weighted by molar-refractivity contribution is 7.80. The van der Waals surface area contributed by atoms with Crippen LogP contribution in [0.1, 0.15) is 17.0 Å². The SMILES string of the molecule is Cc1cccc(Nc2nc(C)cc(C(N)=S)n2)c1. The summed E-state index contributed by atoms with van der Waals surface area (Å²) < 4.78 is 0. The first-order chi connectivity index (χ1) is 8.54. The molecule has 0 aliphatic carbocycles. The van der Waals surface area contributed by atoms with Crippen molar-refractivity contribution in [1.82, 2.24) is 9.97 Å². The second-order valence-electron chi connectivity index (χ2n) is 4.08. The van der Waals surface area contributed by atoms with E-state index in [1.165, 1.54) is 5.56 Å². The number of nitrogens with one attached hydrogen (secondary N) is 1. The lowest BCUT2D eigenvalue weighted by Crippen LogP contribution is -2.13. The van der Waals surface area contributed by atoms with Crippen LogP contribution in [0.3, 0.4) is 0 Å². The molecule has 0 unspecified atom stereocenters. The van der Waals surface area contributed by atoms with Gasteiger partial charge in [-0.15, -0.1) is 0 Å². The minimum absolute atomic E-state index is 0.271. The molecule has 5 heteroatoms. The van der Waals surface area contributed by atoms with Gasteiger partial charge in [-0.1, -0.05) is 24.4 Å². The van der Waals surface area contributed by atoms with Crippen molar-refractivity contribution < 1.29 is 0 Å². The third-order valence-electron chi connectivity index (χ3n) is 2.38. The van der Waals surface area contributed by atoms with Gasteiger partial charge in [0.05, 0.1) is 0 Å². The fourth-order valence-electron chi connectivity index (χ4n) is 1.60. The van der Waals surface area contributed by atoms with E-state index in [2.05, 4.69) is 15.3 Å². The van der Waals surface area contributed by atoms with Gasteiger partial charge in [0.25, 0.3) is 0 Å². The third kappa shape index (κ3) is 3.01. The summed E-state index contributed by atoms with van der Waals surface area (Å²) in [5.41, 5.74) is 9.09. The van der Waals surface area contributed by atoms with Gasteiger partial charge in [0, 0.05) is 11.4 Å². The highest BCUT2D eigenvalue weighted by atomic mass is 32.1. The molecule has 0 fully saturated rings. The minimum Gasteiger partial charge on any atom is -0.388 e. The van der Waals surface area contributed by atoms with Crippen molar-refractivity contribution in [3.63, 3.8) is 0 Å². The molecule has 18 heavy (non-hydrogen) atoms. The molecule has 1 aromatic heterocycles. The molecule has 0 atom stereocenters. The molecule has 0 spiro atoms. The van der Waals surface area contributed by atoms with E-state index in [9.17, 15) is 0 Å². The molecule has 0 saturated carbocycles. The molecule has 92 valence electrons. The Labute approximate surface area is 111 Å². The number of hydrogen-bond donors (Lipinski definition) is 2. The Morgan fingerprint density at radius 3 is 2.67 bits per heavy atom. The Morgan fingerprint density at radius 2 is 2.00 bits per heavy atom. The average molecular weight is 258 g/mol. The van der Waals surface area contributed by atoms with Crippen LogP contribution in [0.4, 0.5) is 11.6 Å². The highest BCUT2D eigenvalue weighted by Gasteiger charge is 2.04. The Balaban J connectivity index is 2.31. The number of nitrogens with two attached hydrogens (primary N) is 1. The van der Waals surface area contributed by atoms with Crippen molar-refractivity contribution in [3.8, 4) is 0 Å². The maximum absolute atomic E-state index is 5.58. The van der Waals surface area contributed by atoms with Crippen LogP contribution < -0.4 is 11.1 Å². The summed E-state index contributed by atoms with van der Waals surface area (Å²) in [7, 11) is 0. The number of anilines is 2. The van der Waals surface area contributed by atoms with Crippen molar-refractivity contribution in [3.05, 3.63) is 47.3 Å². The smallest absolute Gasteiger partial charge is 0.228 e. The van der Waals surface area contributed by atoms with Crippen molar-refractivity contribution in [2.75, 3.05) is 5.32 Å². The van der Waals surface area contributed by atoms with E-state index < -0.39 is 0 Å². The Bertz CT molecular complexity index is 595. The maximum atomic E-state index is 5.58. The number of thiocarbonyl (C=S) groups is 1. The predicted molar refractivity (Wildman–Crippen MR) is 77.1 cm³/mol. The molecule has 2 aromatic rings. The van der Waals surface area contributed by atoms with Crippen LogP contribution >= 0.6 is 12.2 Å². The molecule has 1 heterocycles. The van der Waals surface area contributed by atoms with E-state index in [-0.39, 0.29) is 4.99 Å². The van der Waals surface area contributed by atoms with E-state index in [1.54, 1.807) is 6.07 Å². The zero-order valence-electron chi connectivity index (χ0n) is 10.3. The summed E-state index contributed by atoms with van der Waals surface area (Å²) in [6, 6.07) is 9.75. The fraction of sp³-hybridized carbons (Fsp3) is 0.154. The van der Waals surface area contributed by atoms with E-state index in [4.69, 9.17) is 18.0 Å². The molecule has 3 N–H and O–H groups in total. The first-order valence-corrected chi connectivity index (χ1v) is 5.94. The molecule has 1 aromatic carbocycles. The summed E-state index contributed by atoms with van der Waals surface area (Å²) in [6.45, 7) is 3.91. The monoisotopic (exact) mass is 258 g/mol. The molecule has 0 saturated heterocycles. The highest BCUT2D eigenvalue weighted by Crippen LogP contribution is 2.15. The molecule has 0 amide bonds. The molecule has 2 rings (SSSR count). The Morgan fingerprint density at radius 1 is 1.22 bits per heavy atom. The number of rotatable bonds is 3. The maximum Gasteiger partial charge on any atom is 0.228 e. The molecule has 0 aliphatic heterocycles. The topological polar surface area (TPSA) is 63.8 Å². The Hall–Kier alpha value is -2.01. The van der Waals surface area contributed by atoms with Crippen LogP contribution in [0.25, 0.3) is 0 Å². The predicted octanol–water partition coefficient (Wildman–Crippen LogP) is 2.47. The second kappa shape index (κ2) is 5.10. The van der Waals surface area contributed by atoms with E-state index in [0.717, 1.165) is 11.4 Å². The van der Waals surface area contributed by atoms with Crippen LogP contribution in [-0.2, 0) is 0 Å². The van der Waals surface area contributed by atoms with Crippen LogP contribution in [0.2, 0.25) is 0 Å². The van der Waals surface area contributed by atoms with Gasteiger partial charge < -0.3 is 11.1 Å². The van der Waals surface area contributed by atoms with Gasteiger partial charge in [-0.3, -0.25) is 0 Å². The number of hydrogen-bond acceptors (Lipinski definition) is 4. The second-order valence-corrected chi connectivity index (χ2v) is 4.52. The first-order valence-electron chi connectivity index (χ1n) is 5.54. The lowest BCUT2D eigenvalue weighted by Gasteiger charge is -2.08. The lowest BCUT2D eigenvalue weighted by atomic mass is 10.2. The van der Waals surface area contributed by atoms with Gasteiger partial charge in [0.15, 0.2) is 0 Å². The molecule has 0 bridgehead atoms. The average Bonchev–Trinajstić information content (AvgIpc) is 2.28. The van der Waals surface area contributed by atoms with E-state index in [1.807, 2.05) is 38.1 Å². The van der Waals surface area contributed by atoms with Crippen molar-refractivity contribution in [2.24, 2.45) is 5.73 Å². The summed E-state index contributed by atoms with van der Waals surface area (Å²) in [5, 5.41) is 3.14. The Kier molecular flexibility index (Phi) is 3.53. The van der Waals surface area contributed by atoms with Crippen LogP contribution in [0.15, 0.2) is 30.3 Å². The molecule has 0 aliphatic rings. The van der Waals surface area contributed by atoms with Gasteiger partial charge in [-0.25, -0.2) is 9.97 Å². The van der Waals surface area contributed by atoms with Gasteiger partial charge in [0.1, 0.15) is 10.7 Å². The summed E-state index contributed by atoms with van der Waals surface area (Å²) in [5.74, 6) is 0.503. The molecular formula is C13H14N4S. The first kappa shape index (κ1) is 12.4. The normalized spacial score (nSPS) is 10.1. The van der Waals surface area contributed by atoms with Crippen molar-refractivity contribution in [1.29, 1.82) is 0 Å². The van der Waals surface area contributed by atoms with Crippen molar-refractivity contribution in [2.45, 2.75) is 13.8 Å². The number of benzene rings is 1. The quantitative estimate of drug-likeness (QED) is 0.828. The van der Waals surface area contributed by atoms with Crippen LogP contribution in [-0.4, -0.2) is 15.0 Å². The summed E-state index contributed by atoms with van der Waals surface area (Å²) in [4.78, 5) is 8.84. The number of nitrogens with zero attached hydrogens (tertiary/aromatic N) is 2. The summed E-state index contributed by atoms with van der Waals surface area (Å²) >= 11 is 4.93. The van der Waals surface area contributed by atoms with Crippen LogP contribution in [0, 0.1) is 13.8 Å². The molecule has 0 radical (unpaired) electrons. The standard InChI is InChI=1S/C13H14N4S/c1-8-4-3-5-10(6-8)16-13-15-9(2)7-11(17-13)12(14)18/h3-7H,1-2H3,(H2,14,18)(H,15,16,17). The van der Waals surface area contributed by atoms with Gasteiger partial charge in [0.2, 0.25) is 5.95 Å².